The molecule has 1 aromatic heterocycles. The Hall–Kier alpha value is -3.77. The quantitative estimate of drug-likeness (QED) is 0.285. The van der Waals surface area contributed by atoms with E-state index in [1.165, 1.54) is 27.9 Å². The summed E-state index contributed by atoms with van der Waals surface area (Å²) in [5, 5.41) is 2.18. The van der Waals surface area contributed by atoms with Gasteiger partial charge in [-0.15, -0.1) is 0 Å². The second-order valence-electron chi connectivity index (χ2n) is 8.81. The van der Waals surface area contributed by atoms with E-state index in [2.05, 4.69) is 41.1 Å². The Morgan fingerprint density at radius 2 is 1.74 bits per heavy atom. The van der Waals surface area contributed by atoms with Gasteiger partial charge in [0.25, 0.3) is 0 Å². The van der Waals surface area contributed by atoms with E-state index >= 15 is 0 Å². The Morgan fingerprint density at radius 1 is 0.914 bits per heavy atom. The normalized spacial score (nSPS) is 13.4. The number of pyridine rings is 1. The number of rotatable bonds is 7. The van der Waals surface area contributed by atoms with Crippen LogP contribution in [0.15, 0.2) is 60.8 Å². The maximum atomic E-state index is 6.12. The maximum Gasteiger partial charge on any atom is 0.231 e. The summed E-state index contributed by atoms with van der Waals surface area (Å²) in [6, 6.07) is 18.7. The van der Waals surface area contributed by atoms with Crippen LogP contribution in [0.25, 0.3) is 22.0 Å². The first-order valence-electron chi connectivity index (χ1n) is 11.9. The molecule has 0 aliphatic carbocycles. The Kier molecular flexibility index (Phi) is 5.66. The maximum absolute atomic E-state index is 6.12. The summed E-state index contributed by atoms with van der Waals surface area (Å²) < 4.78 is 31.2. The molecule has 3 aromatic carbocycles. The molecule has 35 heavy (non-hydrogen) atoms. The van der Waals surface area contributed by atoms with Crippen molar-refractivity contribution < 1.29 is 28.3 Å². The van der Waals surface area contributed by atoms with Crippen LogP contribution in [0.1, 0.15) is 16.7 Å². The second kappa shape index (κ2) is 9.12. The van der Waals surface area contributed by atoms with Crippen LogP contribution >= 0.6 is 0 Å². The van der Waals surface area contributed by atoms with Crippen molar-refractivity contribution in [2.24, 2.45) is 0 Å². The van der Waals surface area contributed by atoms with Crippen LogP contribution in [0, 0.1) is 0 Å². The fourth-order valence-corrected chi connectivity index (χ4v) is 5.20. The highest BCUT2D eigenvalue weighted by molar-refractivity contribution is 5.95. The highest BCUT2D eigenvalue weighted by Crippen LogP contribution is 2.43. The minimum absolute atomic E-state index is 0.271. The smallest absolute Gasteiger partial charge is 0.231 e. The average molecular weight is 471 g/mol. The molecule has 6 rings (SSSR count). The monoisotopic (exact) mass is 470 g/mol. The lowest BCUT2D eigenvalue weighted by Gasteiger charge is -2.21. The Balaban J connectivity index is 1.46. The number of aromatic nitrogens is 1. The molecule has 0 spiro atoms. The largest absolute Gasteiger partial charge is 0.493 e. The first-order chi connectivity index (χ1) is 17.3. The first kappa shape index (κ1) is 21.7. The van der Waals surface area contributed by atoms with Crippen molar-refractivity contribution in [1.29, 1.82) is 0 Å². The molecule has 4 aromatic rings. The van der Waals surface area contributed by atoms with Crippen LogP contribution in [-0.4, -0.2) is 27.6 Å². The number of aryl methyl sites for hydroxylation is 2. The zero-order valence-electron chi connectivity index (χ0n) is 20.0. The fourth-order valence-electron chi connectivity index (χ4n) is 5.20. The number of hydrogen-bond acceptors (Lipinski definition) is 5. The number of hydrogen-bond donors (Lipinski definition) is 0. The molecule has 6 nitrogen and oxygen atoms in total. The van der Waals surface area contributed by atoms with Gasteiger partial charge >= 0.3 is 0 Å². The zero-order valence-corrected chi connectivity index (χ0v) is 20.0. The van der Waals surface area contributed by atoms with E-state index in [9.17, 15) is 0 Å². The van der Waals surface area contributed by atoms with E-state index in [0.29, 0.717) is 13.2 Å². The number of nitrogens with zero attached hydrogens (tertiary/aromatic N) is 1. The standard InChI is InChI=1S/C29H28NO5/c1-31-25-9-8-21-22(11-13-33-17-19-6-4-3-5-7-19)28-23-15-27-26(34-18-35-27)14-20(23)10-12-30(28)16-24(21)29(25)32-2/h3-9,14-16H,10-13,17-18H2,1-2H3/q+1. The summed E-state index contributed by atoms with van der Waals surface area (Å²) >= 11 is 0. The molecule has 0 radical (unpaired) electrons. The third-order valence-corrected chi connectivity index (χ3v) is 6.85. The first-order valence-corrected chi connectivity index (χ1v) is 11.9. The van der Waals surface area contributed by atoms with Gasteiger partial charge in [0, 0.05) is 23.8 Å². The molecule has 2 aliphatic rings. The van der Waals surface area contributed by atoms with Crippen molar-refractivity contribution in [3.05, 3.63) is 77.5 Å². The Bertz CT molecular complexity index is 1400. The van der Waals surface area contributed by atoms with Crippen molar-refractivity contribution in [3.63, 3.8) is 0 Å². The molecule has 2 aliphatic heterocycles. The van der Waals surface area contributed by atoms with Crippen LogP contribution in [0.4, 0.5) is 0 Å². The molecule has 6 heteroatoms. The van der Waals surface area contributed by atoms with E-state index < -0.39 is 0 Å². The van der Waals surface area contributed by atoms with Crippen LogP contribution in [0.2, 0.25) is 0 Å². The molecule has 178 valence electrons. The predicted molar refractivity (Wildman–Crippen MR) is 132 cm³/mol. The minimum atomic E-state index is 0.271. The highest BCUT2D eigenvalue weighted by atomic mass is 16.7. The third-order valence-electron chi connectivity index (χ3n) is 6.85. The summed E-state index contributed by atoms with van der Waals surface area (Å²) in [5.74, 6) is 3.11. The van der Waals surface area contributed by atoms with Crippen molar-refractivity contribution in [3.8, 4) is 34.3 Å². The van der Waals surface area contributed by atoms with Crippen molar-refractivity contribution >= 4 is 10.8 Å². The van der Waals surface area contributed by atoms with E-state index in [1.54, 1.807) is 14.2 Å². The SMILES string of the molecule is COc1ccc2c(CCOCc3ccccc3)c3[n+](cc2c1OC)CCc1cc2c(cc1-3)OCO2. The van der Waals surface area contributed by atoms with Gasteiger partial charge in [-0.3, -0.25) is 0 Å². The average Bonchev–Trinajstić information content (AvgIpc) is 3.36. The lowest BCUT2D eigenvalue weighted by Crippen LogP contribution is -2.41. The van der Waals surface area contributed by atoms with Gasteiger partial charge in [0.05, 0.1) is 38.4 Å². The van der Waals surface area contributed by atoms with Gasteiger partial charge in [-0.2, -0.15) is 4.57 Å². The van der Waals surface area contributed by atoms with E-state index in [0.717, 1.165) is 53.2 Å². The summed E-state index contributed by atoms with van der Waals surface area (Å²) in [7, 11) is 3.37. The van der Waals surface area contributed by atoms with Crippen molar-refractivity contribution in [2.75, 3.05) is 27.6 Å². The zero-order chi connectivity index (χ0) is 23.8. The Labute approximate surface area is 204 Å². The van der Waals surface area contributed by atoms with Crippen LogP contribution in [-0.2, 0) is 30.7 Å². The molecule has 0 saturated heterocycles. The highest BCUT2D eigenvalue weighted by Gasteiger charge is 2.32. The summed E-state index contributed by atoms with van der Waals surface area (Å²) in [6.07, 6.45) is 3.88. The molecule has 0 atom stereocenters. The molecular formula is C29H28NO5+. The lowest BCUT2D eigenvalue weighted by atomic mass is 9.90. The molecule has 0 unspecified atom stereocenters. The van der Waals surface area contributed by atoms with Crippen LogP contribution < -0.4 is 23.5 Å². The molecule has 0 N–H and O–H groups in total. The Morgan fingerprint density at radius 3 is 2.54 bits per heavy atom. The number of benzene rings is 3. The van der Waals surface area contributed by atoms with Gasteiger partial charge in [-0.05, 0) is 35.4 Å². The molecule has 0 saturated carbocycles. The third kappa shape index (κ3) is 3.84. The number of ether oxygens (including phenoxy) is 5. The molecular weight excluding hydrogens is 442 g/mol. The minimum Gasteiger partial charge on any atom is -0.493 e. The summed E-state index contributed by atoms with van der Waals surface area (Å²) in [5.41, 5.74) is 6.07. The number of fused-ring (bicyclic) bond motifs is 5. The van der Waals surface area contributed by atoms with E-state index in [-0.39, 0.29) is 6.79 Å². The van der Waals surface area contributed by atoms with E-state index in [1.807, 2.05) is 24.3 Å². The van der Waals surface area contributed by atoms with Crippen LogP contribution in [0.5, 0.6) is 23.0 Å². The van der Waals surface area contributed by atoms with Gasteiger partial charge in [-0.1, -0.05) is 30.3 Å². The predicted octanol–water partition coefficient (Wildman–Crippen LogP) is 4.86. The van der Waals surface area contributed by atoms with Gasteiger partial charge in [-0.25, -0.2) is 0 Å². The summed E-state index contributed by atoms with van der Waals surface area (Å²) in [6.45, 7) is 2.34. The second-order valence-corrected chi connectivity index (χ2v) is 8.81. The molecule has 3 heterocycles. The molecule has 0 fully saturated rings. The van der Waals surface area contributed by atoms with Gasteiger partial charge in [0.2, 0.25) is 12.5 Å². The van der Waals surface area contributed by atoms with Gasteiger partial charge < -0.3 is 23.7 Å². The van der Waals surface area contributed by atoms with Crippen LogP contribution in [0.3, 0.4) is 0 Å². The number of methoxy groups -OCH3 is 2. The topological polar surface area (TPSA) is 50.0 Å². The summed E-state index contributed by atoms with van der Waals surface area (Å²) in [4.78, 5) is 0. The molecule has 0 amide bonds. The lowest BCUT2D eigenvalue weighted by molar-refractivity contribution is -0.686. The molecule has 0 bridgehead atoms. The van der Waals surface area contributed by atoms with E-state index in [4.69, 9.17) is 23.7 Å². The van der Waals surface area contributed by atoms with Crippen molar-refractivity contribution in [2.45, 2.75) is 26.0 Å². The van der Waals surface area contributed by atoms with Crippen molar-refractivity contribution in [1.82, 2.24) is 0 Å². The van der Waals surface area contributed by atoms with Gasteiger partial charge in [0.15, 0.2) is 35.7 Å². The van der Waals surface area contributed by atoms with Gasteiger partial charge in [0.1, 0.15) is 0 Å². The fraction of sp³-hybridized carbons (Fsp3) is 0.276.